The molecule has 1 saturated heterocycles. The Bertz CT molecular complexity index is 535. The molecule has 0 spiro atoms. The second kappa shape index (κ2) is 4.72. The smallest absolute Gasteiger partial charge is 0.122 e. The number of ether oxygens (including phenoxy) is 2. The minimum absolute atomic E-state index is 0.275. The minimum Gasteiger partial charge on any atom is -0.493 e. The average Bonchev–Trinajstić information content (AvgIpc) is 2.53. The molecule has 2 atom stereocenters. The molecule has 0 aromatic heterocycles. The fourth-order valence-electron chi connectivity index (χ4n) is 4.09. The third kappa shape index (κ3) is 2.58. The summed E-state index contributed by atoms with van der Waals surface area (Å²) in [6, 6.07) is 8.19. The number of hydrogen-bond acceptors (Lipinski definition) is 3. The molecule has 1 aromatic carbocycles. The molecule has 1 N–H and O–H groups in total. The van der Waals surface area contributed by atoms with Crippen molar-refractivity contribution in [3.63, 3.8) is 0 Å². The molecule has 2 unspecified atom stereocenters. The topological polar surface area (TPSA) is 38.7 Å². The summed E-state index contributed by atoms with van der Waals surface area (Å²) in [5.74, 6) is 1.30. The van der Waals surface area contributed by atoms with Crippen LogP contribution >= 0.6 is 0 Å². The molecular formula is C18H26O3. The van der Waals surface area contributed by atoms with Gasteiger partial charge in [0.2, 0.25) is 0 Å². The van der Waals surface area contributed by atoms with Crippen molar-refractivity contribution in [3.05, 3.63) is 29.8 Å². The van der Waals surface area contributed by atoms with E-state index in [9.17, 15) is 5.11 Å². The predicted octanol–water partition coefficient (Wildman–Crippen LogP) is 3.65. The van der Waals surface area contributed by atoms with Gasteiger partial charge in [-0.25, -0.2) is 0 Å². The van der Waals surface area contributed by atoms with Crippen LogP contribution in [0.25, 0.3) is 0 Å². The third-order valence-corrected chi connectivity index (χ3v) is 5.04. The fourth-order valence-corrected chi connectivity index (χ4v) is 4.09. The largest absolute Gasteiger partial charge is 0.493 e. The van der Waals surface area contributed by atoms with Crippen LogP contribution < -0.4 is 4.74 Å². The quantitative estimate of drug-likeness (QED) is 0.903. The van der Waals surface area contributed by atoms with Crippen LogP contribution in [0.3, 0.4) is 0 Å². The zero-order valence-electron chi connectivity index (χ0n) is 13.5. The van der Waals surface area contributed by atoms with E-state index in [1.54, 1.807) is 0 Å². The molecule has 0 aliphatic carbocycles. The van der Waals surface area contributed by atoms with Crippen molar-refractivity contribution in [2.75, 3.05) is 6.61 Å². The van der Waals surface area contributed by atoms with Gasteiger partial charge in [-0.1, -0.05) is 18.2 Å². The van der Waals surface area contributed by atoms with Gasteiger partial charge in [-0.3, -0.25) is 0 Å². The molecule has 1 aromatic rings. The highest BCUT2D eigenvalue weighted by Crippen LogP contribution is 2.50. The Morgan fingerprint density at radius 1 is 1.19 bits per heavy atom. The van der Waals surface area contributed by atoms with Gasteiger partial charge >= 0.3 is 0 Å². The lowest BCUT2D eigenvalue weighted by Gasteiger charge is -2.39. The molecular weight excluding hydrogens is 264 g/mol. The van der Waals surface area contributed by atoms with E-state index in [4.69, 9.17) is 9.47 Å². The number of aliphatic hydroxyl groups is 1. The van der Waals surface area contributed by atoms with E-state index in [1.165, 1.54) is 5.56 Å². The van der Waals surface area contributed by atoms with Gasteiger partial charge in [0.1, 0.15) is 5.75 Å². The monoisotopic (exact) mass is 290 g/mol. The van der Waals surface area contributed by atoms with Crippen LogP contribution in [0.2, 0.25) is 0 Å². The zero-order valence-corrected chi connectivity index (χ0v) is 13.5. The van der Waals surface area contributed by atoms with Gasteiger partial charge in [0, 0.05) is 6.42 Å². The van der Waals surface area contributed by atoms with Gasteiger partial charge in [-0.2, -0.15) is 0 Å². The fraction of sp³-hybridized carbons (Fsp3) is 0.667. The van der Waals surface area contributed by atoms with Crippen molar-refractivity contribution in [1.82, 2.24) is 0 Å². The lowest BCUT2D eigenvalue weighted by Crippen LogP contribution is -2.47. The molecule has 0 bridgehead atoms. The number of fused-ring (bicyclic) bond motifs is 1. The third-order valence-electron chi connectivity index (χ3n) is 5.04. The molecule has 21 heavy (non-hydrogen) atoms. The van der Waals surface area contributed by atoms with Crippen LogP contribution in [-0.2, 0) is 4.74 Å². The van der Waals surface area contributed by atoms with E-state index < -0.39 is 11.2 Å². The maximum Gasteiger partial charge on any atom is 0.122 e. The van der Waals surface area contributed by atoms with Gasteiger partial charge < -0.3 is 14.6 Å². The van der Waals surface area contributed by atoms with Crippen LogP contribution in [0.15, 0.2) is 24.3 Å². The highest BCUT2D eigenvalue weighted by Gasteiger charge is 2.57. The second-order valence-corrected chi connectivity index (χ2v) is 7.66. The van der Waals surface area contributed by atoms with E-state index in [-0.39, 0.29) is 5.60 Å². The van der Waals surface area contributed by atoms with Crippen molar-refractivity contribution in [2.24, 2.45) is 0 Å². The Morgan fingerprint density at radius 3 is 2.57 bits per heavy atom. The summed E-state index contributed by atoms with van der Waals surface area (Å²) >= 11 is 0. The summed E-state index contributed by atoms with van der Waals surface area (Å²) in [7, 11) is 0. The molecule has 116 valence electrons. The van der Waals surface area contributed by atoms with E-state index in [0.29, 0.717) is 12.3 Å². The molecule has 3 heteroatoms. The second-order valence-electron chi connectivity index (χ2n) is 7.66. The highest BCUT2D eigenvalue weighted by molar-refractivity contribution is 5.38. The SMILES string of the molecule is CC1(C)CC(O)(CC2CCOc3ccccc32)C(C)(C)O1. The predicted molar refractivity (Wildman–Crippen MR) is 82.7 cm³/mol. The van der Waals surface area contributed by atoms with Crippen molar-refractivity contribution in [3.8, 4) is 5.75 Å². The number of para-hydroxylation sites is 1. The summed E-state index contributed by atoms with van der Waals surface area (Å²) < 4.78 is 11.8. The molecule has 2 aliphatic rings. The highest BCUT2D eigenvalue weighted by atomic mass is 16.5. The summed E-state index contributed by atoms with van der Waals surface area (Å²) in [5, 5.41) is 11.3. The summed E-state index contributed by atoms with van der Waals surface area (Å²) in [6.45, 7) is 8.86. The van der Waals surface area contributed by atoms with Crippen molar-refractivity contribution < 1.29 is 14.6 Å². The molecule has 1 fully saturated rings. The van der Waals surface area contributed by atoms with Crippen molar-refractivity contribution in [1.29, 1.82) is 0 Å². The van der Waals surface area contributed by atoms with Crippen LogP contribution in [0.1, 0.15) is 58.4 Å². The first-order chi connectivity index (χ1) is 9.73. The minimum atomic E-state index is -0.800. The van der Waals surface area contributed by atoms with Crippen molar-refractivity contribution >= 4 is 0 Å². The first-order valence-corrected chi connectivity index (χ1v) is 7.87. The Kier molecular flexibility index (Phi) is 3.34. The number of benzene rings is 1. The van der Waals surface area contributed by atoms with Crippen LogP contribution in [-0.4, -0.2) is 28.5 Å². The summed E-state index contributed by atoms with van der Waals surface area (Å²) in [6.07, 6.45) is 2.35. The van der Waals surface area contributed by atoms with Crippen LogP contribution in [0.5, 0.6) is 5.75 Å². The van der Waals surface area contributed by atoms with Crippen LogP contribution in [0.4, 0.5) is 0 Å². The number of hydrogen-bond donors (Lipinski definition) is 1. The molecule has 0 radical (unpaired) electrons. The Hall–Kier alpha value is -1.06. The maximum absolute atomic E-state index is 11.3. The van der Waals surface area contributed by atoms with Crippen molar-refractivity contribution in [2.45, 2.75) is 69.7 Å². The standard InChI is InChI=1S/C18H26O3/c1-16(2)12-18(19,17(3,4)21-16)11-13-9-10-20-15-8-6-5-7-14(13)15/h5-8,13,19H,9-12H2,1-4H3. The Balaban J connectivity index is 1.87. The number of rotatable bonds is 2. The van der Waals surface area contributed by atoms with E-state index in [0.717, 1.165) is 25.2 Å². The Labute approximate surface area is 127 Å². The molecule has 3 nitrogen and oxygen atoms in total. The van der Waals surface area contributed by atoms with E-state index in [2.05, 4.69) is 19.9 Å². The van der Waals surface area contributed by atoms with E-state index >= 15 is 0 Å². The van der Waals surface area contributed by atoms with Gasteiger partial charge in [-0.05, 0) is 58.1 Å². The van der Waals surface area contributed by atoms with Gasteiger partial charge in [0.25, 0.3) is 0 Å². The Morgan fingerprint density at radius 2 is 1.90 bits per heavy atom. The molecule has 2 aliphatic heterocycles. The van der Waals surface area contributed by atoms with E-state index in [1.807, 2.05) is 32.0 Å². The summed E-state index contributed by atoms with van der Waals surface area (Å²) in [5.41, 5.74) is -0.379. The molecule has 0 amide bonds. The molecule has 0 saturated carbocycles. The van der Waals surface area contributed by atoms with Crippen LogP contribution in [0, 0.1) is 0 Å². The average molecular weight is 290 g/mol. The van der Waals surface area contributed by atoms with Gasteiger partial charge in [-0.15, -0.1) is 0 Å². The molecule has 2 heterocycles. The first kappa shape index (κ1) is 14.9. The molecule has 3 rings (SSSR count). The zero-order chi connectivity index (χ0) is 15.3. The lowest BCUT2D eigenvalue weighted by molar-refractivity contribution is -0.131. The first-order valence-electron chi connectivity index (χ1n) is 7.87. The normalized spacial score (nSPS) is 33.3. The van der Waals surface area contributed by atoms with Gasteiger partial charge in [0.05, 0.1) is 23.4 Å². The summed E-state index contributed by atoms with van der Waals surface area (Å²) in [4.78, 5) is 0. The van der Waals surface area contributed by atoms with Gasteiger partial charge in [0.15, 0.2) is 0 Å². The lowest BCUT2D eigenvalue weighted by atomic mass is 9.73. The maximum atomic E-state index is 11.3.